The van der Waals surface area contributed by atoms with Crippen LogP contribution >= 0.6 is 15.2 Å². The van der Waals surface area contributed by atoms with Crippen molar-refractivity contribution in [2.24, 2.45) is 0 Å². The third-order valence-corrected chi connectivity index (χ3v) is 15.7. The van der Waals surface area contributed by atoms with Crippen molar-refractivity contribution in [3.05, 3.63) is 107 Å². The van der Waals surface area contributed by atoms with Gasteiger partial charge in [0.1, 0.15) is 11.5 Å². The molecule has 0 atom stereocenters. The lowest BCUT2D eigenvalue weighted by Crippen LogP contribution is -2.15. The van der Waals surface area contributed by atoms with Gasteiger partial charge in [-0.05, 0) is 114 Å². The van der Waals surface area contributed by atoms with Gasteiger partial charge in [-0.3, -0.25) is 14.1 Å². The van der Waals surface area contributed by atoms with Gasteiger partial charge in [-0.2, -0.15) is 0 Å². The minimum atomic E-state index is -3.39. The maximum absolute atomic E-state index is 13.5. The van der Waals surface area contributed by atoms with Crippen LogP contribution in [-0.4, -0.2) is 85.0 Å². The summed E-state index contributed by atoms with van der Waals surface area (Å²) in [6, 6.07) is 23.9. The van der Waals surface area contributed by atoms with Crippen LogP contribution in [0.2, 0.25) is 0 Å². The molecule has 67 heavy (non-hydrogen) atoms. The molecule has 0 unspecified atom stereocenters. The topological polar surface area (TPSA) is 173 Å². The van der Waals surface area contributed by atoms with Crippen LogP contribution in [0.4, 0.5) is 0 Å². The Balaban J connectivity index is 1.51. The van der Waals surface area contributed by atoms with Crippen LogP contribution in [0.25, 0.3) is 56.5 Å². The molecule has 0 aliphatic carbocycles. The lowest BCUT2D eigenvalue weighted by Gasteiger charge is -2.21. The summed E-state index contributed by atoms with van der Waals surface area (Å²) < 4.78 is 68.0. The normalized spacial score (nSPS) is 13.5. The SMILES string of the molecule is CCOP(=O)(CCCOc1cc(C(=O)OC)cc(OCCCP(=O)(OCC)OCC)c1-c1c2nc(cc3ccc(cc4nc(c(-c5ccc(C)cc5)c5ccc1[nH]5)C=C4)[nH]3)C(C)(C)C2)OCC. The molecule has 14 nitrogen and oxygen atoms in total. The number of aryl methyl sites for hydroxylation is 1. The summed E-state index contributed by atoms with van der Waals surface area (Å²) in [6.07, 6.45) is 5.41. The summed E-state index contributed by atoms with van der Waals surface area (Å²) in [5.74, 6) is 0.0118. The van der Waals surface area contributed by atoms with Crippen molar-refractivity contribution in [3.63, 3.8) is 0 Å². The molecule has 0 fully saturated rings. The van der Waals surface area contributed by atoms with E-state index in [1.807, 2.05) is 42.5 Å². The maximum Gasteiger partial charge on any atom is 0.338 e. The fourth-order valence-electron chi connectivity index (χ4n) is 8.30. The van der Waals surface area contributed by atoms with Crippen molar-refractivity contribution >= 4 is 55.4 Å². The van der Waals surface area contributed by atoms with Crippen molar-refractivity contribution in [3.8, 4) is 33.8 Å². The third-order valence-electron chi connectivity index (χ3n) is 11.4. The number of aromatic nitrogens is 4. The Morgan fingerprint density at radius 3 is 1.78 bits per heavy atom. The third kappa shape index (κ3) is 11.9. The van der Waals surface area contributed by atoms with E-state index in [0.29, 0.717) is 47.4 Å². The summed E-state index contributed by atoms with van der Waals surface area (Å²) in [7, 11) is -5.47. The van der Waals surface area contributed by atoms with Gasteiger partial charge in [0.25, 0.3) is 0 Å². The van der Waals surface area contributed by atoms with E-state index >= 15 is 0 Å². The molecule has 2 N–H and O–H groups in total. The highest BCUT2D eigenvalue weighted by Crippen LogP contribution is 2.51. The van der Waals surface area contributed by atoms with Gasteiger partial charge in [-0.25, -0.2) is 9.78 Å². The standard InChI is InChI=1S/C51H62N4O10P2/c1-9-62-66(57,63-10-2)27-13-25-60-44-29-36(50(56)59-8)30-45(61-26-14-28-67(58,64-11-3)65-12-4)49(44)48-42-24-23-41(54-42)47(35-17-15-34(5)16-18-35)40-22-21-38(53-40)31-37-19-20-39(52-37)32-46-51(6,7)33-43(48)55-46/h15-24,29-32,52,54H,9-14,25-28,33H2,1-8H3. The molecule has 356 valence electrons. The van der Waals surface area contributed by atoms with Crippen LogP contribution in [-0.2, 0) is 43.8 Å². The molecule has 2 aromatic carbocycles. The first-order valence-corrected chi connectivity index (χ1v) is 26.4. The fraction of sp³-hybridized carbons (Fsp3) is 0.392. The van der Waals surface area contributed by atoms with E-state index < -0.39 is 26.6 Å². The number of esters is 1. The van der Waals surface area contributed by atoms with Gasteiger partial charge >= 0.3 is 21.2 Å². The molecule has 0 radical (unpaired) electrons. The molecule has 0 saturated carbocycles. The number of carbonyl (C=O) groups excluding carboxylic acids is 1. The quantitative estimate of drug-likeness (QED) is 0.0398. The van der Waals surface area contributed by atoms with Gasteiger partial charge in [0, 0.05) is 50.7 Å². The molecule has 3 aromatic heterocycles. The van der Waals surface area contributed by atoms with Crippen LogP contribution in [0.15, 0.2) is 72.8 Å². The Hall–Kier alpha value is -5.33. The summed E-state index contributed by atoms with van der Waals surface area (Å²) in [5, 5.41) is 0. The Bertz CT molecular complexity index is 2790. The molecule has 5 heterocycles. The molecule has 0 saturated heterocycles. The molecule has 7 rings (SSSR count). The molecule has 2 aliphatic rings. The summed E-state index contributed by atoms with van der Waals surface area (Å²) in [6.45, 7) is 14.6. The van der Waals surface area contributed by atoms with Crippen molar-refractivity contribution in [2.45, 2.75) is 73.1 Å². The number of hydrogen-bond acceptors (Lipinski definition) is 12. The predicted molar refractivity (Wildman–Crippen MR) is 265 cm³/mol. The minimum absolute atomic E-state index is 0.0853. The molecule has 5 aromatic rings. The first kappa shape index (κ1) is 49.6. The zero-order chi connectivity index (χ0) is 47.8. The Morgan fingerprint density at radius 1 is 0.672 bits per heavy atom. The predicted octanol–water partition coefficient (Wildman–Crippen LogP) is 12.5. The molecular weight excluding hydrogens is 891 g/mol. The van der Waals surface area contributed by atoms with E-state index in [1.54, 1.807) is 39.8 Å². The number of hydrogen-bond donors (Lipinski definition) is 2. The minimum Gasteiger partial charge on any atom is -0.493 e. The highest BCUT2D eigenvalue weighted by molar-refractivity contribution is 7.54. The zero-order valence-corrected chi connectivity index (χ0v) is 41.5. The second kappa shape index (κ2) is 21.7. The zero-order valence-electron chi connectivity index (χ0n) is 39.7. The number of nitrogens with one attached hydrogen (secondary N) is 2. The molecule has 0 amide bonds. The molecule has 2 aliphatic heterocycles. The van der Waals surface area contributed by atoms with Crippen LogP contribution in [0.1, 0.15) is 93.1 Å². The fourth-order valence-corrected chi connectivity index (χ4v) is 11.6. The molecular formula is C51H62N4O10P2. The van der Waals surface area contributed by atoms with Gasteiger partial charge < -0.3 is 42.3 Å². The highest BCUT2D eigenvalue weighted by Gasteiger charge is 2.33. The van der Waals surface area contributed by atoms with Crippen molar-refractivity contribution in [2.75, 3.05) is 59.1 Å². The number of H-pyrrole nitrogens is 2. The number of aromatic amines is 2. The van der Waals surface area contributed by atoms with E-state index in [9.17, 15) is 13.9 Å². The number of carbonyl (C=O) groups is 1. The van der Waals surface area contributed by atoms with E-state index in [-0.39, 0.29) is 57.5 Å². The summed E-state index contributed by atoms with van der Waals surface area (Å²) in [4.78, 5) is 31.3. The van der Waals surface area contributed by atoms with Crippen LogP contribution < -0.4 is 9.47 Å². The van der Waals surface area contributed by atoms with Gasteiger partial charge in [0.15, 0.2) is 0 Å². The van der Waals surface area contributed by atoms with Crippen molar-refractivity contribution < 1.29 is 46.2 Å². The van der Waals surface area contributed by atoms with Crippen LogP contribution in [0.3, 0.4) is 0 Å². The monoisotopic (exact) mass is 952 g/mol. The second-order valence-electron chi connectivity index (χ2n) is 16.9. The molecule has 0 spiro atoms. The van der Waals surface area contributed by atoms with E-state index in [2.05, 4.69) is 61.1 Å². The Labute approximate surface area is 392 Å². The number of fused-ring (bicyclic) bond motifs is 8. The molecule has 8 bridgehead atoms. The average molecular weight is 953 g/mol. The van der Waals surface area contributed by atoms with Crippen molar-refractivity contribution in [1.82, 2.24) is 19.9 Å². The number of rotatable bonds is 21. The van der Waals surface area contributed by atoms with Crippen LogP contribution in [0, 0.1) is 6.92 Å². The number of benzene rings is 2. The maximum atomic E-state index is 13.5. The van der Waals surface area contributed by atoms with Gasteiger partial charge in [0.05, 0.1) is 87.3 Å². The second-order valence-corrected chi connectivity index (χ2v) is 21.3. The van der Waals surface area contributed by atoms with Gasteiger partial charge in [-0.1, -0.05) is 43.7 Å². The van der Waals surface area contributed by atoms with E-state index in [0.717, 1.165) is 56.0 Å². The number of methoxy groups -OCH3 is 1. The lowest BCUT2D eigenvalue weighted by molar-refractivity contribution is 0.0599. The average Bonchev–Trinajstić information content (AvgIpc) is 4.11. The summed E-state index contributed by atoms with van der Waals surface area (Å²) >= 11 is 0. The van der Waals surface area contributed by atoms with Gasteiger partial charge in [0.2, 0.25) is 0 Å². The summed E-state index contributed by atoms with van der Waals surface area (Å²) in [5.41, 5.74) is 10.5. The van der Waals surface area contributed by atoms with E-state index in [4.69, 9.17) is 42.3 Å². The highest BCUT2D eigenvalue weighted by atomic mass is 31.2. The Morgan fingerprint density at radius 2 is 1.22 bits per heavy atom. The van der Waals surface area contributed by atoms with Crippen molar-refractivity contribution in [1.29, 1.82) is 0 Å². The van der Waals surface area contributed by atoms with Gasteiger partial charge in [-0.15, -0.1) is 0 Å². The first-order chi connectivity index (χ1) is 32.2. The Kier molecular flexibility index (Phi) is 16.1. The smallest absolute Gasteiger partial charge is 0.338 e. The molecule has 16 heteroatoms. The first-order valence-electron chi connectivity index (χ1n) is 23.0. The van der Waals surface area contributed by atoms with Crippen LogP contribution in [0.5, 0.6) is 11.5 Å². The van der Waals surface area contributed by atoms with E-state index in [1.165, 1.54) is 7.11 Å². The lowest BCUT2D eigenvalue weighted by atomic mass is 9.85. The number of ether oxygens (including phenoxy) is 3. The number of nitrogens with zero attached hydrogens (tertiary/aromatic N) is 2. The largest absolute Gasteiger partial charge is 0.493 e.